The highest BCUT2D eigenvalue weighted by Gasteiger charge is 2.16. The second kappa shape index (κ2) is 3.13. The average Bonchev–Trinajstić information content (AvgIpc) is 1.78. The van der Waals surface area contributed by atoms with Gasteiger partial charge in [-0.15, -0.1) is 0 Å². The average molecular weight is 144 g/mol. The maximum atomic E-state index is 5.30. The Kier molecular flexibility index (Phi) is 2.42. The van der Waals surface area contributed by atoms with Gasteiger partial charge in [0.2, 0.25) is 0 Å². The molecule has 0 heterocycles. The van der Waals surface area contributed by atoms with Crippen molar-refractivity contribution < 1.29 is 0 Å². The predicted octanol–water partition coefficient (Wildman–Crippen LogP) is 0.415. The van der Waals surface area contributed by atoms with Gasteiger partial charge in [-0.3, -0.25) is 0 Å². The van der Waals surface area contributed by atoms with Gasteiger partial charge in [-0.2, -0.15) is 0 Å². The Morgan fingerprint density at radius 2 is 2.33 bits per heavy atom. The van der Waals surface area contributed by atoms with Crippen LogP contribution in [0, 0.1) is 0 Å². The molecule has 0 aromatic carbocycles. The monoisotopic (exact) mass is 144 g/mol. The number of nitrogens with two attached hydrogens (primary N) is 1. The van der Waals surface area contributed by atoms with Crippen LogP contribution in [0.5, 0.6) is 0 Å². The second-order valence-electron chi connectivity index (χ2n) is 2.40. The summed E-state index contributed by atoms with van der Waals surface area (Å²) in [6.45, 7) is 0.492. The van der Waals surface area contributed by atoms with Crippen molar-refractivity contribution in [3.63, 3.8) is 0 Å². The molecular formula is C6H12N2S. The van der Waals surface area contributed by atoms with E-state index in [4.69, 9.17) is 18.0 Å². The lowest BCUT2D eigenvalue weighted by molar-refractivity contribution is 0.384. The van der Waals surface area contributed by atoms with Gasteiger partial charge in [0.05, 0.1) is 4.99 Å². The zero-order valence-electron chi connectivity index (χ0n) is 5.39. The third-order valence-corrected chi connectivity index (χ3v) is 1.94. The first-order valence-electron chi connectivity index (χ1n) is 3.32. The van der Waals surface area contributed by atoms with Crippen molar-refractivity contribution >= 4 is 17.2 Å². The smallest absolute Gasteiger partial charge is 0.0893 e. The van der Waals surface area contributed by atoms with Crippen molar-refractivity contribution in [3.05, 3.63) is 0 Å². The topological polar surface area (TPSA) is 38.0 Å². The fourth-order valence-corrected chi connectivity index (χ4v) is 1.01. The quantitative estimate of drug-likeness (QED) is 0.551. The Morgan fingerprint density at radius 3 is 2.67 bits per heavy atom. The van der Waals surface area contributed by atoms with E-state index in [1.807, 2.05) is 0 Å². The molecule has 1 aliphatic carbocycles. The van der Waals surface area contributed by atoms with E-state index in [1.165, 1.54) is 19.3 Å². The fraction of sp³-hybridized carbons (Fsp3) is 0.833. The fourth-order valence-electron chi connectivity index (χ4n) is 0.839. The molecule has 0 atom stereocenters. The van der Waals surface area contributed by atoms with Crippen LogP contribution < -0.4 is 11.1 Å². The SMILES string of the molecule is NCC(=S)NC1CCC1. The van der Waals surface area contributed by atoms with Gasteiger partial charge < -0.3 is 11.1 Å². The van der Waals surface area contributed by atoms with E-state index in [-0.39, 0.29) is 0 Å². The van der Waals surface area contributed by atoms with E-state index in [1.54, 1.807) is 0 Å². The molecule has 2 nitrogen and oxygen atoms in total. The van der Waals surface area contributed by atoms with Gasteiger partial charge in [-0.1, -0.05) is 12.2 Å². The largest absolute Gasteiger partial charge is 0.376 e. The molecule has 0 unspecified atom stereocenters. The Balaban J connectivity index is 2.09. The first-order valence-corrected chi connectivity index (χ1v) is 3.73. The summed E-state index contributed by atoms with van der Waals surface area (Å²) >= 11 is 4.90. The molecule has 3 heteroatoms. The molecule has 0 spiro atoms. The lowest BCUT2D eigenvalue weighted by Gasteiger charge is -2.27. The lowest BCUT2D eigenvalue weighted by Crippen LogP contribution is -2.41. The molecular weight excluding hydrogens is 132 g/mol. The van der Waals surface area contributed by atoms with Crippen LogP contribution in [0.2, 0.25) is 0 Å². The van der Waals surface area contributed by atoms with Gasteiger partial charge >= 0.3 is 0 Å². The molecule has 0 amide bonds. The van der Waals surface area contributed by atoms with Gasteiger partial charge in [0.15, 0.2) is 0 Å². The standard InChI is InChI=1S/C6H12N2S/c7-4-6(9)8-5-2-1-3-5/h5H,1-4,7H2,(H,8,9). The van der Waals surface area contributed by atoms with Gasteiger partial charge in [0, 0.05) is 12.6 Å². The predicted molar refractivity (Wildman–Crippen MR) is 42.4 cm³/mol. The van der Waals surface area contributed by atoms with Gasteiger partial charge in [-0.25, -0.2) is 0 Å². The molecule has 1 saturated carbocycles. The van der Waals surface area contributed by atoms with E-state index in [2.05, 4.69) is 5.32 Å². The van der Waals surface area contributed by atoms with Crippen LogP contribution in [-0.4, -0.2) is 17.6 Å². The van der Waals surface area contributed by atoms with Crippen LogP contribution >= 0.6 is 12.2 Å². The highest BCUT2D eigenvalue weighted by atomic mass is 32.1. The summed E-state index contributed by atoms with van der Waals surface area (Å²) in [5.74, 6) is 0. The second-order valence-corrected chi connectivity index (χ2v) is 2.89. The lowest BCUT2D eigenvalue weighted by atomic mass is 9.93. The van der Waals surface area contributed by atoms with Crippen LogP contribution in [0.3, 0.4) is 0 Å². The first-order chi connectivity index (χ1) is 4.33. The van der Waals surface area contributed by atoms with E-state index in [9.17, 15) is 0 Å². The summed E-state index contributed by atoms with van der Waals surface area (Å²) in [5.41, 5.74) is 5.30. The highest BCUT2D eigenvalue weighted by Crippen LogP contribution is 2.17. The van der Waals surface area contributed by atoms with Crippen LogP contribution in [0.1, 0.15) is 19.3 Å². The van der Waals surface area contributed by atoms with E-state index in [0.29, 0.717) is 12.6 Å². The van der Waals surface area contributed by atoms with E-state index in [0.717, 1.165) is 4.99 Å². The Labute approximate surface area is 60.8 Å². The number of hydrogen-bond acceptors (Lipinski definition) is 2. The summed E-state index contributed by atoms with van der Waals surface area (Å²) in [6.07, 6.45) is 3.87. The molecule has 0 saturated heterocycles. The van der Waals surface area contributed by atoms with Crippen molar-refractivity contribution in [3.8, 4) is 0 Å². The molecule has 0 bridgehead atoms. The highest BCUT2D eigenvalue weighted by molar-refractivity contribution is 7.80. The zero-order chi connectivity index (χ0) is 6.69. The van der Waals surface area contributed by atoms with E-state index < -0.39 is 0 Å². The van der Waals surface area contributed by atoms with Gasteiger partial charge in [0.25, 0.3) is 0 Å². The van der Waals surface area contributed by atoms with Gasteiger partial charge in [-0.05, 0) is 19.3 Å². The Bertz CT molecular complexity index is 110. The van der Waals surface area contributed by atoms with Crippen molar-refractivity contribution in [1.29, 1.82) is 0 Å². The number of rotatable bonds is 2. The van der Waals surface area contributed by atoms with Crippen molar-refractivity contribution in [2.45, 2.75) is 25.3 Å². The van der Waals surface area contributed by atoms with Crippen LogP contribution in [0.4, 0.5) is 0 Å². The molecule has 0 radical (unpaired) electrons. The summed E-state index contributed by atoms with van der Waals surface area (Å²) in [4.78, 5) is 0.805. The van der Waals surface area contributed by atoms with Crippen molar-refractivity contribution in [2.75, 3.05) is 6.54 Å². The number of nitrogens with one attached hydrogen (secondary N) is 1. The molecule has 3 N–H and O–H groups in total. The third-order valence-electron chi connectivity index (χ3n) is 1.66. The molecule has 1 rings (SSSR count). The number of thiocarbonyl (C=S) groups is 1. The maximum Gasteiger partial charge on any atom is 0.0893 e. The molecule has 0 aliphatic heterocycles. The minimum atomic E-state index is 0.492. The summed E-state index contributed by atoms with van der Waals surface area (Å²) in [6, 6.07) is 0.640. The Hall–Kier alpha value is -0.150. The number of hydrogen-bond donors (Lipinski definition) is 2. The third kappa shape index (κ3) is 1.91. The Morgan fingerprint density at radius 1 is 1.67 bits per heavy atom. The molecule has 1 aliphatic rings. The summed E-state index contributed by atoms with van der Waals surface area (Å²) in [7, 11) is 0. The van der Waals surface area contributed by atoms with Gasteiger partial charge in [0.1, 0.15) is 0 Å². The minimum Gasteiger partial charge on any atom is -0.376 e. The molecule has 0 aromatic rings. The van der Waals surface area contributed by atoms with Crippen LogP contribution in [0.25, 0.3) is 0 Å². The maximum absolute atomic E-state index is 5.30. The van der Waals surface area contributed by atoms with E-state index >= 15 is 0 Å². The van der Waals surface area contributed by atoms with Crippen LogP contribution in [0.15, 0.2) is 0 Å². The van der Waals surface area contributed by atoms with Crippen LogP contribution in [-0.2, 0) is 0 Å². The summed E-state index contributed by atoms with van der Waals surface area (Å²) < 4.78 is 0. The van der Waals surface area contributed by atoms with Crippen molar-refractivity contribution in [1.82, 2.24) is 5.32 Å². The van der Waals surface area contributed by atoms with Crippen molar-refractivity contribution in [2.24, 2.45) is 5.73 Å². The minimum absolute atomic E-state index is 0.492. The summed E-state index contributed by atoms with van der Waals surface area (Å²) in [5, 5.41) is 3.17. The molecule has 52 valence electrons. The zero-order valence-corrected chi connectivity index (χ0v) is 6.21. The molecule has 0 aromatic heterocycles. The molecule has 1 fully saturated rings. The molecule has 9 heavy (non-hydrogen) atoms. The first kappa shape index (κ1) is 6.96. The normalized spacial score (nSPS) is 18.8.